The number of hydrogen-bond donors (Lipinski definition) is 1. The number of ether oxygens (including phenoxy) is 1. The second-order valence-corrected chi connectivity index (χ2v) is 10.1. The van der Waals surface area contributed by atoms with Gasteiger partial charge in [-0.3, -0.25) is 4.79 Å². The first-order chi connectivity index (χ1) is 15.0. The standard InChI is InChI=1S/C26H29NO4/c28-23-12-22-19-11-20(17-4-1-2-5-17)24(31-15-16-6-7-16)10-18(19)13-26(8-3-9-26)27(22)14-21(23)25(29)30/h10-12,14,16-17H,1-9,13,15H2,(H,29,30). The van der Waals surface area contributed by atoms with E-state index in [1.54, 1.807) is 12.3 Å². The van der Waals surface area contributed by atoms with Gasteiger partial charge in [-0.05, 0) is 86.5 Å². The number of fused-ring (bicyclic) bond motifs is 4. The van der Waals surface area contributed by atoms with E-state index in [0.717, 1.165) is 49.3 Å². The van der Waals surface area contributed by atoms with Gasteiger partial charge in [-0.25, -0.2) is 4.79 Å². The Morgan fingerprint density at radius 3 is 2.52 bits per heavy atom. The van der Waals surface area contributed by atoms with E-state index < -0.39 is 11.4 Å². The predicted octanol–water partition coefficient (Wildman–Crippen LogP) is 5.10. The van der Waals surface area contributed by atoms with Crippen LogP contribution in [0.2, 0.25) is 0 Å². The number of carboxylic acids is 1. The molecular weight excluding hydrogens is 390 g/mol. The van der Waals surface area contributed by atoms with E-state index in [0.29, 0.717) is 11.8 Å². The molecule has 3 saturated carbocycles. The fraction of sp³-hybridized carbons (Fsp3) is 0.538. The monoisotopic (exact) mass is 419 g/mol. The van der Waals surface area contributed by atoms with Gasteiger partial charge in [0.05, 0.1) is 12.3 Å². The largest absolute Gasteiger partial charge is 0.493 e. The highest BCUT2D eigenvalue weighted by atomic mass is 16.5. The van der Waals surface area contributed by atoms with Crippen molar-refractivity contribution in [2.24, 2.45) is 5.92 Å². The molecule has 3 fully saturated rings. The number of aromatic carboxylic acids is 1. The summed E-state index contributed by atoms with van der Waals surface area (Å²) in [5, 5.41) is 9.53. The maximum Gasteiger partial charge on any atom is 0.341 e. The average molecular weight is 420 g/mol. The highest BCUT2D eigenvalue weighted by Crippen LogP contribution is 2.51. The summed E-state index contributed by atoms with van der Waals surface area (Å²) in [6.07, 6.45) is 13.1. The first-order valence-corrected chi connectivity index (χ1v) is 11.8. The van der Waals surface area contributed by atoms with Gasteiger partial charge >= 0.3 is 5.97 Å². The van der Waals surface area contributed by atoms with Gasteiger partial charge in [0.1, 0.15) is 11.3 Å². The molecule has 1 spiro atoms. The summed E-state index contributed by atoms with van der Waals surface area (Å²) in [5.74, 6) is 1.12. The number of rotatable bonds is 5. The minimum Gasteiger partial charge on any atom is -0.493 e. The van der Waals surface area contributed by atoms with Crippen LogP contribution in [0.15, 0.2) is 29.2 Å². The van der Waals surface area contributed by atoms with Crippen LogP contribution >= 0.6 is 0 Å². The fourth-order valence-corrected chi connectivity index (χ4v) is 5.93. The van der Waals surface area contributed by atoms with E-state index >= 15 is 0 Å². The second kappa shape index (κ2) is 6.98. The van der Waals surface area contributed by atoms with Gasteiger partial charge in [0.2, 0.25) is 0 Å². The zero-order chi connectivity index (χ0) is 21.2. The van der Waals surface area contributed by atoms with Crippen LogP contribution in [0.5, 0.6) is 5.75 Å². The summed E-state index contributed by atoms with van der Waals surface area (Å²) in [4.78, 5) is 24.3. The van der Waals surface area contributed by atoms with Crippen molar-refractivity contribution in [1.82, 2.24) is 4.57 Å². The van der Waals surface area contributed by atoms with Crippen LogP contribution in [0.3, 0.4) is 0 Å². The van der Waals surface area contributed by atoms with Crippen molar-refractivity contribution in [3.05, 3.63) is 51.3 Å². The number of hydrogen-bond acceptors (Lipinski definition) is 3. The Balaban J connectivity index is 1.51. The Bertz CT molecular complexity index is 1120. The molecule has 1 aliphatic heterocycles. The lowest BCUT2D eigenvalue weighted by atomic mass is 9.69. The third-order valence-electron chi connectivity index (χ3n) is 8.07. The van der Waals surface area contributed by atoms with E-state index in [2.05, 4.69) is 16.7 Å². The van der Waals surface area contributed by atoms with E-state index in [-0.39, 0.29) is 11.1 Å². The minimum atomic E-state index is -1.14. The van der Waals surface area contributed by atoms with Gasteiger partial charge in [-0.2, -0.15) is 0 Å². The summed E-state index contributed by atoms with van der Waals surface area (Å²) in [5.41, 5.74) is 3.85. The molecule has 6 rings (SSSR count). The van der Waals surface area contributed by atoms with E-state index in [1.807, 2.05) is 0 Å². The number of pyridine rings is 1. The van der Waals surface area contributed by atoms with Crippen molar-refractivity contribution < 1.29 is 14.6 Å². The molecule has 1 aromatic heterocycles. The van der Waals surface area contributed by atoms with Crippen molar-refractivity contribution in [3.63, 3.8) is 0 Å². The zero-order valence-corrected chi connectivity index (χ0v) is 17.9. The van der Waals surface area contributed by atoms with Crippen LogP contribution < -0.4 is 10.2 Å². The SMILES string of the molecule is O=C(O)c1cn2c(cc1=O)-c1cc(C3CCCC3)c(OCC3CC3)cc1CC21CCC1. The maximum absolute atomic E-state index is 12.6. The number of carboxylic acid groups (broad SMARTS) is 1. The molecule has 0 atom stereocenters. The molecule has 0 saturated heterocycles. The summed E-state index contributed by atoms with van der Waals surface area (Å²) >= 11 is 0. The van der Waals surface area contributed by atoms with Gasteiger partial charge in [0.15, 0.2) is 5.43 Å². The van der Waals surface area contributed by atoms with Gasteiger partial charge in [-0.15, -0.1) is 0 Å². The van der Waals surface area contributed by atoms with Crippen molar-refractivity contribution in [1.29, 1.82) is 0 Å². The third-order valence-corrected chi connectivity index (χ3v) is 8.07. The highest BCUT2D eigenvalue weighted by Gasteiger charge is 2.44. The lowest BCUT2D eigenvalue weighted by Gasteiger charge is -2.49. The Morgan fingerprint density at radius 2 is 1.87 bits per heavy atom. The molecular formula is C26H29NO4. The molecule has 5 nitrogen and oxygen atoms in total. The number of nitrogens with zero attached hydrogens (tertiary/aromatic N) is 1. The quantitative estimate of drug-likeness (QED) is 0.732. The smallest absolute Gasteiger partial charge is 0.341 e. The molecule has 5 heteroatoms. The van der Waals surface area contributed by atoms with Crippen LogP contribution in [0.25, 0.3) is 11.3 Å². The first kappa shape index (κ1) is 19.1. The Kier molecular flexibility index (Phi) is 4.31. The summed E-state index contributed by atoms with van der Waals surface area (Å²) in [7, 11) is 0. The van der Waals surface area contributed by atoms with Crippen LogP contribution in [0, 0.1) is 5.92 Å². The predicted molar refractivity (Wildman–Crippen MR) is 118 cm³/mol. The number of aromatic nitrogens is 1. The van der Waals surface area contributed by atoms with Gasteiger partial charge in [0.25, 0.3) is 0 Å². The molecule has 0 radical (unpaired) electrons. The van der Waals surface area contributed by atoms with Crippen molar-refractivity contribution in [2.45, 2.75) is 75.7 Å². The van der Waals surface area contributed by atoms with Crippen LogP contribution in [0.1, 0.15) is 85.2 Å². The van der Waals surface area contributed by atoms with Crippen molar-refractivity contribution in [3.8, 4) is 17.0 Å². The lowest BCUT2D eigenvalue weighted by molar-refractivity contribution is 0.0691. The van der Waals surface area contributed by atoms with E-state index in [9.17, 15) is 14.7 Å². The summed E-state index contributed by atoms with van der Waals surface area (Å²) in [6.45, 7) is 0.807. The topological polar surface area (TPSA) is 68.5 Å². The van der Waals surface area contributed by atoms with E-state index in [4.69, 9.17) is 4.74 Å². The van der Waals surface area contributed by atoms with Crippen molar-refractivity contribution in [2.75, 3.05) is 6.61 Å². The molecule has 162 valence electrons. The molecule has 0 amide bonds. The Morgan fingerprint density at radius 1 is 1.10 bits per heavy atom. The second-order valence-electron chi connectivity index (χ2n) is 10.1. The minimum absolute atomic E-state index is 0.108. The normalized spacial score (nSPS) is 21.4. The van der Waals surface area contributed by atoms with Gasteiger partial charge in [0, 0.05) is 23.4 Å². The molecule has 2 aromatic rings. The molecule has 1 N–H and O–H groups in total. The fourth-order valence-electron chi connectivity index (χ4n) is 5.93. The molecule has 1 aromatic carbocycles. The Hall–Kier alpha value is -2.56. The number of benzene rings is 1. The molecule has 3 aliphatic carbocycles. The van der Waals surface area contributed by atoms with Crippen LogP contribution in [0.4, 0.5) is 0 Å². The summed E-state index contributed by atoms with van der Waals surface area (Å²) in [6, 6.07) is 6.08. The summed E-state index contributed by atoms with van der Waals surface area (Å²) < 4.78 is 8.49. The average Bonchev–Trinajstić information content (AvgIpc) is 3.40. The lowest BCUT2D eigenvalue weighted by Crippen LogP contribution is -2.46. The molecule has 2 heterocycles. The molecule has 0 unspecified atom stereocenters. The molecule has 0 bridgehead atoms. The van der Waals surface area contributed by atoms with Gasteiger partial charge < -0.3 is 14.4 Å². The van der Waals surface area contributed by atoms with Crippen LogP contribution in [-0.2, 0) is 12.0 Å². The zero-order valence-electron chi connectivity index (χ0n) is 17.9. The van der Waals surface area contributed by atoms with E-state index in [1.165, 1.54) is 49.7 Å². The number of carbonyl (C=O) groups is 1. The Labute approximate surface area is 182 Å². The van der Waals surface area contributed by atoms with Gasteiger partial charge in [-0.1, -0.05) is 12.8 Å². The third kappa shape index (κ3) is 3.12. The first-order valence-electron chi connectivity index (χ1n) is 11.8. The molecule has 31 heavy (non-hydrogen) atoms. The van der Waals surface area contributed by atoms with Crippen LogP contribution in [-0.4, -0.2) is 22.2 Å². The molecule has 4 aliphatic rings. The maximum atomic E-state index is 12.6. The highest BCUT2D eigenvalue weighted by molar-refractivity contribution is 5.88. The van der Waals surface area contributed by atoms with Crippen molar-refractivity contribution >= 4 is 5.97 Å².